The average molecular weight is 491 g/mol. The lowest BCUT2D eigenvalue weighted by atomic mass is 10.0. The van der Waals surface area contributed by atoms with Crippen LogP contribution < -0.4 is 5.32 Å². The fourth-order valence-electron chi connectivity index (χ4n) is 2.75. The molecule has 0 bridgehead atoms. The maximum Gasteiger partial charge on any atom is 0.336 e. The Balaban J connectivity index is 1.56. The van der Waals surface area contributed by atoms with Crippen LogP contribution in [0.15, 0.2) is 75.4 Å². The topological polar surface area (TPSA) is 55.4 Å². The Hall–Kier alpha value is -2.18. The van der Waals surface area contributed by atoms with Gasteiger partial charge < -0.3 is 10.1 Å². The first-order valence-corrected chi connectivity index (χ1v) is 10.0. The van der Waals surface area contributed by atoms with Crippen LogP contribution in [-0.4, -0.2) is 11.9 Å². The standard InChI is InChI=1S/C21H17Br2NO3/c22-21(23)20-16(13-19(26)27-20)12-15-6-9-17(10-7-15)24-18(25)11-8-14-4-2-1-3-5-14/h1-7,9-10,13H,8,11-12H2,(H,24,25). The van der Waals surface area contributed by atoms with E-state index in [0.717, 1.165) is 22.4 Å². The number of rotatable bonds is 6. The van der Waals surface area contributed by atoms with Gasteiger partial charge in [0, 0.05) is 30.2 Å². The van der Waals surface area contributed by atoms with E-state index in [1.54, 1.807) is 0 Å². The Morgan fingerprint density at radius 2 is 1.67 bits per heavy atom. The van der Waals surface area contributed by atoms with E-state index < -0.39 is 0 Å². The summed E-state index contributed by atoms with van der Waals surface area (Å²) in [6.45, 7) is 0. The van der Waals surface area contributed by atoms with Crippen molar-refractivity contribution < 1.29 is 14.3 Å². The summed E-state index contributed by atoms with van der Waals surface area (Å²) in [7, 11) is 0. The number of allylic oxidation sites excluding steroid dienone is 1. The lowest BCUT2D eigenvalue weighted by molar-refractivity contribution is -0.132. The summed E-state index contributed by atoms with van der Waals surface area (Å²) >= 11 is 6.57. The van der Waals surface area contributed by atoms with Gasteiger partial charge in [0.1, 0.15) is 3.39 Å². The number of benzene rings is 2. The zero-order chi connectivity index (χ0) is 19.2. The molecular weight excluding hydrogens is 474 g/mol. The Labute approximate surface area is 174 Å². The minimum atomic E-state index is -0.376. The van der Waals surface area contributed by atoms with Gasteiger partial charge in [-0.1, -0.05) is 42.5 Å². The molecule has 1 aliphatic heterocycles. The van der Waals surface area contributed by atoms with Gasteiger partial charge >= 0.3 is 5.97 Å². The van der Waals surface area contributed by atoms with Crippen LogP contribution in [0.4, 0.5) is 5.69 Å². The number of halogens is 2. The summed E-state index contributed by atoms with van der Waals surface area (Å²) in [5, 5.41) is 2.91. The fraction of sp³-hybridized carbons (Fsp3) is 0.143. The summed E-state index contributed by atoms with van der Waals surface area (Å²) < 4.78 is 5.75. The number of cyclic esters (lactones) is 1. The molecule has 0 fully saturated rings. The maximum absolute atomic E-state index is 12.1. The second-order valence-corrected chi connectivity index (χ2v) is 8.74. The molecule has 0 saturated carbocycles. The van der Waals surface area contributed by atoms with E-state index in [4.69, 9.17) is 4.74 Å². The third kappa shape index (κ3) is 5.65. The number of ether oxygens (including phenoxy) is 1. The summed E-state index contributed by atoms with van der Waals surface area (Å²) in [5.74, 6) is 0.106. The molecule has 0 saturated heterocycles. The molecule has 0 atom stereocenters. The molecule has 138 valence electrons. The van der Waals surface area contributed by atoms with E-state index in [1.807, 2.05) is 54.6 Å². The molecule has 0 aliphatic carbocycles. The number of esters is 1. The van der Waals surface area contributed by atoms with Crippen LogP contribution in [0, 0.1) is 0 Å². The molecule has 27 heavy (non-hydrogen) atoms. The van der Waals surface area contributed by atoms with Crippen molar-refractivity contribution in [3.63, 3.8) is 0 Å². The zero-order valence-electron chi connectivity index (χ0n) is 14.4. The first-order chi connectivity index (χ1) is 13.0. The van der Waals surface area contributed by atoms with Gasteiger partial charge in [-0.25, -0.2) is 4.79 Å². The largest absolute Gasteiger partial charge is 0.421 e. The predicted molar refractivity (Wildman–Crippen MR) is 113 cm³/mol. The molecule has 1 aliphatic rings. The highest BCUT2D eigenvalue weighted by Gasteiger charge is 2.22. The SMILES string of the molecule is O=C(CCc1ccccc1)Nc1ccc(CC2=CC(=O)OC2=C(Br)Br)cc1. The fourth-order valence-corrected chi connectivity index (χ4v) is 3.42. The molecule has 2 aromatic carbocycles. The molecule has 0 spiro atoms. The van der Waals surface area contributed by atoms with Gasteiger partial charge in [0.15, 0.2) is 5.76 Å². The average Bonchev–Trinajstić information content (AvgIpc) is 3.03. The molecule has 2 aromatic rings. The summed E-state index contributed by atoms with van der Waals surface area (Å²) in [6, 6.07) is 17.5. The number of anilines is 1. The van der Waals surface area contributed by atoms with Gasteiger partial charge in [0.25, 0.3) is 0 Å². The van der Waals surface area contributed by atoms with E-state index in [-0.39, 0.29) is 11.9 Å². The van der Waals surface area contributed by atoms with Crippen LogP contribution in [0.5, 0.6) is 0 Å². The number of aryl methyl sites for hydroxylation is 1. The van der Waals surface area contributed by atoms with E-state index >= 15 is 0 Å². The molecule has 0 unspecified atom stereocenters. The van der Waals surface area contributed by atoms with Crippen LogP contribution in [0.3, 0.4) is 0 Å². The molecule has 6 heteroatoms. The Morgan fingerprint density at radius 1 is 0.963 bits per heavy atom. The third-order valence-electron chi connectivity index (χ3n) is 4.07. The number of carbonyl (C=O) groups excluding carboxylic acids is 2. The highest BCUT2D eigenvalue weighted by Crippen LogP contribution is 2.32. The summed E-state index contributed by atoms with van der Waals surface area (Å²) in [5.41, 5.74) is 3.71. The lowest BCUT2D eigenvalue weighted by Gasteiger charge is -2.08. The van der Waals surface area contributed by atoms with Gasteiger partial charge in [0.05, 0.1) is 0 Å². The third-order valence-corrected chi connectivity index (χ3v) is 4.79. The first kappa shape index (κ1) is 19.6. The van der Waals surface area contributed by atoms with Crippen molar-refractivity contribution in [2.24, 2.45) is 0 Å². The predicted octanol–water partition coefficient (Wildman–Crippen LogP) is 5.24. The molecule has 4 nitrogen and oxygen atoms in total. The van der Waals surface area contributed by atoms with Gasteiger partial charge in [-0.05, 0) is 61.5 Å². The molecule has 1 heterocycles. The maximum atomic E-state index is 12.1. The Kier molecular flexibility index (Phi) is 6.63. The minimum Gasteiger partial charge on any atom is -0.421 e. The van der Waals surface area contributed by atoms with Crippen LogP contribution in [0.1, 0.15) is 17.5 Å². The van der Waals surface area contributed by atoms with Crippen molar-refractivity contribution in [2.45, 2.75) is 19.3 Å². The van der Waals surface area contributed by atoms with Gasteiger partial charge in [-0.15, -0.1) is 0 Å². The molecule has 0 aromatic heterocycles. The molecular formula is C21H17Br2NO3. The minimum absolute atomic E-state index is 0.0162. The van der Waals surface area contributed by atoms with Crippen molar-refractivity contribution >= 4 is 49.4 Å². The van der Waals surface area contributed by atoms with E-state index in [1.165, 1.54) is 6.08 Å². The van der Waals surface area contributed by atoms with Crippen molar-refractivity contribution in [1.29, 1.82) is 0 Å². The smallest absolute Gasteiger partial charge is 0.336 e. The van der Waals surface area contributed by atoms with Gasteiger partial charge in [-0.2, -0.15) is 0 Å². The first-order valence-electron chi connectivity index (χ1n) is 8.42. The van der Waals surface area contributed by atoms with Crippen LogP contribution >= 0.6 is 31.9 Å². The monoisotopic (exact) mass is 489 g/mol. The summed E-state index contributed by atoms with van der Waals surface area (Å²) in [4.78, 5) is 23.6. The number of amides is 1. The number of carbonyl (C=O) groups is 2. The summed E-state index contributed by atoms with van der Waals surface area (Å²) in [6.07, 6.45) is 3.19. The van der Waals surface area contributed by atoms with Crippen LogP contribution in [0.2, 0.25) is 0 Å². The quantitative estimate of drug-likeness (QED) is 0.563. The van der Waals surface area contributed by atoms with Crippen molar-refractivity contribution in [2.75, 3.05) is 5.32 Å². The number of hydrogen-bond acceptors (Lipinski definition) is 3. The van der Waals surface area contributed by atoms with Crippen molar-refractivity contribution in [3.05, 3.63) is 86.5 Å². The van der Waals surface area contributed by atoms with Gasteiger partial charge in [-0.3, -0.25) is 4.79 Å². The number of nitrogens with one attached hydrogen (secondary N) is 1. The number of hydrogen-bond donors (Lipinski definition) is 1. The molecule has 1 N–H and O–H groups in total. The van der Waals surface area contributed by atoms with Crippen molar-refractivity contribution in [3.8, 4) is 0 Å². The zero-order valence-corrected chi connectivity index (χ0v) is 17.5. The second kappa shape index (κ2) is 9.15. The molecule has 1 amide bonds. The Bertz CT molecular complexity index is 899. The van der Waals surface area contributed by atoms with E-state index in [9.17, 15) is 9.59 Å². The highest BCUT2D eigenvalue weighted by molar-refractivity contribution is 9.28. The van der Waals surface area contributed by atoms with E-state index in [0.29, 0.717) is 28.4 Å². The van der Waals surface area contributed by atoms with Crippen LogP contribution in [0.25, 0.3) is 0 Å². The Morgan fingerprint density at radius 3 is 2.33 bits per heavy atom. The lowest BCUT2D eigenvalue weighted by Crippen LogP contribution is -2.12. The molecule has 0 radical (unpaired) electrons. The highest BCUT2D eigenvalue weighted by atomic mass is 79.9. The normalized spacial score (nSPS) is 13.2. The van der Waals surface area contributed by atoms with E-state index in [2.05, 4.69) is 37.2 Å². The van der Waals surface area contributed by atoms with Crippen molar-refractivity contribution in [1.82, 2.24) is 0 Å². The van der Waals surface area contributed by atoms with Gasteiger partial charge in [0.2, 0.25) is 5.91 Å². The second-order valence-electron chi connectivity index (χ2n) is 6.09. The molecule has 3 rings (SSSR count). The van der Waals surface area contributed by atoms with Crippen LogP contribution in [-0.2, 0) is 27.2 Å².